The fraction of sp³-hybridized carbons (Fsp3) is 1.00. The molecule has 2 aliphatic rings. The number of nitrogens with one attached hydrogen (secondary N) is 1. The maximum Gasteiger partial charge on any atom is 0.263 e. The molecule has 5 heteroatoms. The summed E-state index contributed by atoms with van der Waals surface area (Å²) in [4.78, 5) is 1.93. The van der Waals surface area contributed by atoms with Crippen molar-refractivity contribution in [2.75, 3.05) is 26.2 Å². The van der Waals surface area contributed by atoms with Gasteiger partial charge in [0.05, 0.1) is 6.54 Å². The molecule has 0 aromatic rings. The van der Waals surface area contributed by atoms with Crippen LogP contribution < -0.4 is 5.32 Å². The van der Waals surface area contributed by atoms with Gasteiger partial charge in [-0.15, -0.1) is 12.4 Å². The first-order valence-electron chi connectivity index (χ1n) is 4.92. The third-order valence-electron chi connectivity index (χ3n) is 3.26. The van der Waals surface area contributed by atoms with Crippen molar-refractivity contribution in [2.24, 2.45) is 5.92 Å². The highest BCUT2D eigenvalue weighted by molar-refractivity contribution is 5.85. The minimum Gasteiger partial charge on any atom is -0.314 e. The standard InChI is InChI=1S/C9H16F2N2.ClH/c1-7-2-3-13(6-9(7,10)11)8-4-12-5-8;/h7-8,12H,2-6H2,1H3;1H. The molecule has 1 atom stereocenters. The summed E-state index contributed by atoms with van der Waals surface area (Å²) in [5.41, 5.74) is 0. The molecule has 2 heterocycles. The monoisotopic (exact) mass is 226 g/mol. The predicted octanol–water partition coefficient (Wildman–Crippen LogP) is 1.36. The van der Waals surface area contributed by atoms with E-state index in [9.17, 15) is 8.78 Å². The smallest absolute Gasteiger partial charge is 0.263 e. The van der Waals surface area contributed by atoms with Crippen molar-refractivity contribution in [1.29, 1.82) is 0 Å². The summed E-state index contributed by atoms with van der Waals surface area (Å²) in [5.74, 6) is -2.93. The molecule has 0 radical (unpaired) electrons. The average molecular weight is 227 g/mol. The zero-order chi connectivity index (χ0) is 9.47. The molecule has 0 saturated carbocycles. The first-order valence-corrected chi connectivity index (χ1v) is 4.92. The van der Waals surface area contributed by atoms with E-state index in [1.54, 1.807) is 6.92 Å². The van der Waals surface area contributed by atoms with Crippen molar-refractivity contribution in [3.63, 3.8) is 0 Å². The van der Waals surface area contributed by atoms with Crippen LogP contribution >= 0.6 is 12.4 Å². The molecule has 1 unspecified atom stereocenters. The zero-order valence-electron chi connectivity index (χ0n) is 8.30. The van der Waals surface area contributed by atoms with E-state index in [0.29, 0.717) is 12.5 Å². The van der Waals surface area contributed by atoms with E-state index in [-0.39, 0.29) is 19.0 Å². The highest BCUT2D eigenvalue weighted by Crippen LogP contribution is 2.33. The second kappa shape index (κ2) is 4.29. The number of rotatable bonds is 1. The molecule has 0 aliphatic carbocycles. The van der Waals surface area contributed by atoms with Gasteiger partial charge in [-0.1, -0.05) is 6.92 Å². The minimum absolute atomic E-state index is 0. The van der Waals surface area contributed by atoms with Gasteiger partial charge in [-0.05, 0) is 13.0 Å². The summed E-state index contributed by atoms with van der Waals surface area (Å²) in [6.07, 6.45) is 0.628. The number of piperidine rings is 1. The third-order valence-corrected chi connectivity index (χ3v) is 3.26. The van der Waals surface area contributed by atoms with Gasteiger partial charge in [-0.25, -0.2) is 8.78 Å². The number of hydrogen-bond donors (Lipinski definition) is 1. The molecular weight excluding hydrogens is 210 g/mol. The lowest BCUT2D eigenvalue weighted by Gasteiger charge is -2.44. The summed E-state index contributed by atoms with van der Waals surface area (Å²) >= 11 is 0. The van der Waals surface area contributed by atoms with Gasteiger partial charge in [0.25, 0.3) is 5.92 Å². The van der Waals surface area contributed by atoms with Gasteiger partial charge in [0.2, 0.25) is 0 Å². The maximum atomic E-state index is 13.3. The molecule has 2 rings (SSSR count). The molecule has 14 heavy (non-hydrogen) atoms. The molecule has 0 amide bonds. The van der Waals surface area contributed by atoms with Crippen LogP contribution in [0.4, 0.5) is 8.78 Å². The fourth-order valence-corrected chi connectivity index (χ4v) is 1.92. The summed E-state index contributed by atoms with van der Waals surface area (Å²) in [7, 11) is 0. The van der Waals surface area contributed by atoms with Gasteiger partial charge in [-0.2, -0.15) is 0 Å². The van der Waals surface area contributed by atoms with Crippen LogP contribution in [0.1, 0.15) is 13.3 Å². The largest absolute Gasteiger partial charge is 0.314 e. The maximum absolute atomic E-state index is 13.3. The summed E-state index contributed by atoms with van der Waals surface area (Å²) in [6, 6.07) is 0.360. The Morgan fingerprint density at radius 3 is 2.43 bits per heavy atom. The first-order chi connectivity index (χ1) is 6.09. The predicted molar refractivity (Wildman–Crippen MR) is 54.2 cm³/mol. The molecule has 0 aromatic heterocycles. The lowest BCUT2D eigenvalue weighted by atomic mass is 9.93. The average Bonchev–Trinajstić information content (AvgIpc) is 1.92. The van der Waals surface area contributed by atoms with E-state index < -0.39 is 11.8 Å². The van der Waals surface area contributed by atoms with E-state index in [0.717, 1.165) is 19.6 Å². The van der Waals surface area contributed by atoms with E-state index >= 15 is 0 Å². The lowest BCUT2D eigenvalue weighted by molar-refractivity contribution is -0.117. The summed E-state index contributed by atoms with van der Waals surface area (Å²) in [6.45, 7) is 4.20. The van der Waals surface area contributed by atoms with Crippen LogP contribution in [0, 0.1) is 5.92 Å². The Labute approximate surface area is 89.4 Å². The molecule has 0 spiro atoms. The third kappa shape index (κ3) is 2.18. The highest BCUT2D eigenvalue weighted by atomic mass is 35.5. The molecule has 2 aliphatic heterocycles. The minimum atomic E-state index is -2.48. The van der Waals surface area contributed by atoms with Crippen LogP contribution in [0.3, 0.4) is 0 Å². The Morgan fingerprint density at radius 1 is 1.36 bits per heavy atom. The van der Waals surface area contributed by atoms with E-state index in [4.69, 9.17) is 0 Å². The van der Waals surface area contributed by atoms with Crippen molar-refractivity contribution in [3.8, 4) is 0 Å². The summed E-state index contributed by atoms with van der Waals surface area (Å²) in [5, 5.41) is 3.11. The van der Waals surface area contributed by atoms with Crippen molar-refractivity contribution in [2.45, 2.75) is 25.3 Å². The van der Waals surface area contributed by atoms with Gasteiger partial charge >= 0.3 is 0 Å². The molecular formula is C9H17ClF2N2. The van der Waals surface area contributed by atoms with E-state index in [2.05, 4.69) is 5.32 Å². The van der Waals surface area contributed by atoms with Crippen LogP contribution in [-0.2, 0) is 0 Å². The van der Waals surface area contributed by atoms with Crippen LogP contribution in [0.2, 0.25) is 0 Å². The number of likely N-dealkylation sites (tertiary alicyclic amines) is 1. The van der Waals surface area contributed by atoms with Gasteiger partial charge < -0.3 is 5.32 Å². The van der Waals surface area contributed by atoms with Crippen molar-refractivity contribution in [1.82, 2.24) is 10.2 Å². The van der Waals surface area contributed by atoms with Gasteiger partial charge in [0, 0.05) is 25.0 Å². The number of alkyl halides is 2. The second-order valence-electron chi connectivity index (χ2n) is 4.23. The Kier molecular flexibility index (Phi) is 3.72. The highest BCUT2D eigenvalue weighted by Gasteiger charge is 2.44. The molecule has 84 valence electrons. The molecule has 1 N–H and O–H groups in total. The van der Waals surface area contributed by atoms with Crippen molar-refractivity contribution >= 4 is 12.4 Å². The van der Waals surface area contributed by atoms with Crippen molar-refractivity contribution < 1.29 is 8.78 Å². The molecule has 2 fully saturated rings. The Bertz CT molecular complexity index is 197. The topological polar surface area (TPSA) is 15.3 Å². The lowest BCUT2D eigenvalue weighted by Crippen LogP contribution is -2.62. The van der Waals surface area contributed by atoms with Crippen LogP contribution in [0.25, 0.3) is 0 Å². The van der Waals surface area contributed by atoms with Gasteiger partial charge in [-0.3, -0.25) is 4.90 Å². The van der Waals surface area contributed by atoms with Crippen LogP contribution in [0.15, 0.2) is 0 Å². The SMILES string of the molecule is CC1CCN(C2CNC2)CC1(F)F.Cl. The number of halogens is 3. The molecule has 0 aromatic carbocycles. The molecule has 0 bridgehead atoms. The van der Waals surface area contributed by atoms with Gasteiger partial charge in [0.15, 0.2) is 0 Å². The quantitative estimate of drug-likeness (QED) is 0.727. The molecule has 2 nitrogen and oxygen atoms in total. The zero-order valence-corrected chi connectivity index (χ0v) is 9.12. The van der Waals surface area contributed by atoms with Crippen LogP contribution in [0.5, 0.6) is 0 Å². The first kappa shape index (κ1) is 12.1. The van der Waals surface area contributed by atoms with Gasteiger partial charge in [0.1, 0.15) is 0 Å². The van der Waals surface area contributed by atoms with E-state index in [1.807, 2.05) is 4.90 Å². The summed E-state index contributed by atoms with van der Waals surface area (Å²) < 4.78 is 26.6. The Morgan fingerprint density at radius 2 is 2.00 bits per heavy atom. The van der Waals surface area contributed by atoms with E-state index in [1.165, 1.54) is 0 Å². The second-order valence-corrected chi connectivity index (χ2v) is 4.23. The fourth-order valence-electron chi connectivity index (χ4n) is 1.92. The van der Waals surface area contributed by atoms with Crippen LogP contribution in [-0.4, -0.2) is 43.0 Å². The molecule has 2 saturated heterocycles. The Balaban J connectivity index is 0.000000980. The number of hydrogen-bond acceptors (Lipinski definition) is 2. The number of nitrogens with zero attached hydrogens (tertiary/aromatic N) is 1. The van der Waals surface area contributed by atoms with Crippen molar-refractivity contribution in [3.05, 3.63) is 0 Å². The normalized spacial score (nSPS) is 33.2. The Hall–Kier alpha value is 0.0700.